The molecule has 0 fully saturated rings. The molecule has 0 spiro atoms. The van der Waals surface area contributed by atoms with Gasteiger partial charge in [0.1, 0.15) is 16.2 Å². The first kappa shape index (κ1) is 16.9. The van der Waals surface area contributed by atoms with Crippen molar-refractivity contribution in [3.05, 3.63) is 52.5 Å². The first-order valence-corrected chi connectivity index (χ1v) is 10.9. The molecule has 0 atom stereocenters. The molecule has 0 unspecified atom stereocenters. The lowest BCUT2D eigenvalue weighted by molar-refractivity contribution is 0.528. The summed E-state index contributed by atoms with van der Waals surface area (Å²) in [6, 6.07) is 8.10. The van der Waals surface area contributed by atoms with E-state index in [1.54, 1.807) is 18.1 Å². The van der Waals surface area contributed by atoms with E-state index in [2.05, 4.69) is 39.2 Å². The number of thiophene rings is 1. The van der Waals surface area contributed by atoms with Crippen LogP contribution in [0.4, 0.5) is 0 Å². The number of rotatable bonds is 4. The summed E-state index contributed by atoms with van der Waals surface area (Å²) in [6.45, 7) is 2.05. The Bertz CT molecular complexity index is 1120. The zero-order valence-corrected chi connectivity index (χ0v) is 16.6. The van der Waals surface area contributed by atoms with E-state index in [4.69, 9.17) is 4.42 Å². The zero-order chi connectivity index (χ0) is 18.2. The van der Waals surface area contributed by atoms with Crippen LogP contribution in [0.3, 0.4) is 0 Å². The van der Waals surface area contributed by atoms with Gasteiger partial charge in [-0.2, -0.15) is 0 Å². The molecule has 3 heterocycles. The Hall–Kier alpha value is -2.25. The lowest BCUT2D eigenvalue weighted by Gasteiger charge is -2.11. The van der Waals surface area contributed by atoms with Crippen LogP contribution in [0, 0.1) is 6.92 Å². The maximum Gasteiger partial charge on any atom is 0.247 e. The smallest absolute Gasteiger partial charge is 0.247 e. The lowest BCUT2D eigenvalue weighted by Crippen LogP contribution is -1.99. The van der Waals surface area contributed by atoms with Gasteiger partial charge in [-0.15, -0.1) is 21.5 Å². The average molecular weight is 395 g/mol. The van der Waals surface area contributed by atoms with Crippen molar-refractivity contribution in [2.75, 3.05) is 0 Å². The maximum atomic E-state index is 5.87. The summed E-state index contributed by atoms with van der Waals surface area (Å²) in [5.41, 5.74) is 3.58. The predicted molar refractivity (Wildman–Crippen MR) is 108 cm³/mol. The third kappa shape index (κ3) is 3.26. The van der Waals surface area contributed by atoms with Crippen LogP contribution in [0.25, 0.3) is 21.7 Å². The van der Waals surface area contributed by atoms with Gasteiger partial charge in [-0.05, 0) is 50.3 Å². The van der Waals surface area contributed by atoms with Crippen LogP contribution in [-0.4, -0.2) is 20.2 Å². The van der Waals surface area contributed by atoms with Crippen LogP contribution < -0.4 is 0 Å². The molecule has 27 heavy (non-hydrogen) atoms. The number of nitrogens with zero attached hydrogens (tertiary/aromatic N) is 4. The molecule has 0 amide bonds. The normalized spacial score (nSPS) is 13.8. The van der Waals surface area contributed by atoms with Gasteiger partial charge in [0.2, 0.25) is 11.8 Å². The Morgan fingerprint density at radius 1 is 1.15 bits per heavy atom. The van der Waals surface area contributed by atoms with Gasteiger partial charge in [0.15, 0.2) is 0 Å². The van der Waals surface area contributed by atoms with E-state index in [9.17, 15) is 0 Å². The summed E-state index contributed by atoms with van der Waals surface area (Å²) in [7, 11) is 0. The molecule has 5 rings (SSSR count). The minimum absolute atomic E-state index is 0.565. The van der Waals surface area contributed by atoms with E-state index < -0.39 is 0 Å². The molecule has 3 aromatic heterocycles. The van der Waals surface area contributed by atoms with Crippen molar-refractivity contribution < 1.29 is 4.42 Å². The van der Waals surface area contributed by atoms with Crippen molar-refractivity contribution in [1.82, 2.24) is 20.2 Å². The van der Waals surface area contributed by atoms with Gasteiger partial charge >= 0.3 is 0 Å². The molecular formula is C20H18N4OS2. The molecule has 5 nitrogen and oxygen atoms in total. The summed E-state index contributed by atoms with van der Waals surface area (Å²) in [6.07, 6.45) is 6.50. The second-order valence-electron chi connectivity index (χ2n) is 6.73. The number of hydrogen-bond donors (Lipinski definition) is 0. The first-order valence-electron chi connectivity index (χ1n) is 9.05. The SMILES string of the molecule is Cc1cccc(-c2nnc(CSc3ncnc4sc5c(c34)CCCC5)o2)c1. The Labute approximate surface area is 165 Å². The number of fused-ring (bicyclic) bond motifs is 3. The molecule has 0 bridgehead atoms. The molecule has 0 saturated heterocycles. The standard InChI is InChI=1S/C20H18N4OS2/c1-12-5-4-6-13(9-12)18-24-23-16(25-18)10-26-19-17-14-7-2-3-8-15(14)27-20(17)22-11-21-19/h4-6,9,11H,2-3,7-8,10H2,1H3. The van der Waals surface area contributed by atoms with Gasteiger partial charge in [0.05, 0.1) is 5.75 Å². The topological polar surface area (TPSA) is 64.7 Å². The van der Waals surface area contributed by atoms with E-state index in [0.29, 0.717) is 17.5 Å². The van der Waals surface area contributed by atoms with Crippen molar-refractivity contribution >= 4 is 33.3 Å². The highest BCUT2D eigenvalue weighted by Crippen LogP contribution is 2.39. The van der Waals surface area contributed by atoms with Gasteiger partial charge in [-0.3, -0.25) is 0 Å². The number of benzene rings is 1. The van der Waals surface area contributed by atoms with Crippen molar-refractivity contribution in [3.63, 3.8) is 0 Å². The van der Waals surface area contributed by atoms with E-state index in [-0.39, 0.29) is 0 Å². The van der Waals surface area contributed by atoms with Crippen molar-refractivity contribution in [2.45, 2.75) is 43.4 Å². The summed E-state index contributed by atoms with van der Waals surface area (Å²) in [4.78, 5) is 11.6. The van der Waals surface area contributed by atoms with Crippen LogP contribution in [0.5, 0.6) is 0 Å². The van der Waals surface area contributed by atoms with Crippen LogP contribution in [0.2, 0.25) is 0 Å². The van der Waals surface area contributed by atoms with Crippen LogP contribution in [0.1, 0.15) is 34.7 Å². The molecular weight excluding hydrogens is 376 g/mol. The number of hydrogen-bond acceptors (Lipinski definition) is 7. The van der Waals surface area contributed by atoms with E-state index in [1.165, 1.54) is 40.7 Å². The fraction of sp³-hybridized carbons (Fsp3) is 0.300. The average Bonchev–Trinajstić information content (AvgIpc) is 3.31. The third-order valence-electron chi connectivity index (χ3n) is 4.78. The third-order valence-corrected chi connectivity index (χ3v) is 6.95. The quantitative estimate of drug-likeness (QED) is 0.349. The molecule has 0 radical (unpaired) electrons. The highest BCUT2D eigenvalue weighted by Gasteiger charge is 2.20. The van der Waals surface area contributed by atoms with E-state index in [1.807, 2.05) is 23.5 Å². The minimum atomic E-state index is 0.565. The van der Waals surface area contributed by atoms with Crippen LogP contribution in [-0.2, 0) is 18.6 Å². The largest absolute Gasteiger partial charge is 0.420 e. The van der Waals surface area contributed by atoms with Crippen LogP contribution in [0.15, 0.2) is 40.0 Å². The minimum Gasteiger partial charge on any atom is -0.420 e. The fourth-order valence-electron chi connectivity index (χ4n) is 3.51. The van der Waals surface area contributed by atoms with Gasteiger partial charge in [-0.25, -0.2) is 9.97 Å². The highest BCUT2D eigenvalue weighted by atomic mass is 32.2. The zero-order valence-electron chi connectivity index (χ0n) is 14.9. The molecule has 7 heteroatoms. The van der Waals surface area contributed by atoms with Crippen molar-refractivity contribution in [2.24, 2.45) is 0 Å². The molecule has 0 N–H and O–H groups in total. The van der Waals surface area contributed by atoms with E-state index in [0.717, 1.165) is 21.8 Å². The van der Waals surface area contributed by atoms with Gasteiger partial charge in [0, 0.05) is 15.8 Å². The highest BCUT2D eigenvalue weighted by molar-refractivity contribution is 7.98. The summed E-state index contributed by atoms with van der Waals surface area (Å²) >= 11 is 3.47. The van der Waals surface area contributed by atoms with Gasteiger partial charge in [-0.1, -0.05) is 29.5 Å². The molecule has 1 aliphatic carbocycles. The molecule has 1 aliphatic rings. The molecule has 1 aromatic carbocycles. The second kappa shape index (κ2) is 7.05. The predicted octanol–water partition coefficient (Wildman–Crippen LogP) is 5.22. The lowest BCUT2D eigenvalue weighted by atomic mass is 9.97. The Balaban J connectivity index is 1.40. The summed E-state index contributed by atoms with van der Waals surface area (Å²) in [5, 5.41) is 10.7. The monoisotopic (exact) mass is 394 g/mol. The maximum absolute atomic E-state index is 5.87. The second-order valence-corrected chi connectivity index (χ2v) is 8.78. The molecule has 4 aromatic rings. The van der Waals surface area contributed by atoms with E-state index >= 15 is 0 Å². The van der Waals surface area contributed by atoms with Gasteiger partial charge in [0.25, 0.3) is 0 Å². The first-order chi connectivity index (χ1) is 13.3. The Morgan fingerprint density at radius 2 is 2.07 bits per heavy atom. The Kier molecular flexibility index (Phi) is 4.41. The van der Waals surface area contributed by atoms with Crippen molar-refractivity contribution in [1.29, 1.82) is 0 Å². The number of aryl methyl sites for hydroxylation is 3. The fourth-order valence-corrected chi connectivity index (χ4v) is 5.66. The number of thioether (sulfide) groups is 1. The van der Waals surface area contributed by atoms with Gasteiger partial charge < -0.3 is 4.42 Å². The number of aromatic nitrogens is 4. The summed E-state index contributed by atoms with van der Waals surface area (Å²) in [5.74, 6) is 1.79. The Morgan fingerprint density at radius 3 is 3.00 bits per heavy atom. The van der Waals surface area contributed by atoms with Crippen LogP contribution >= 0.6 is 23.1 Å². The van der Waals surface area contributed by atoms with Crippen molar-refractivity contribution in [3.8, 4) is 11.5 Å². The molecule has 136 valence electrons. The summed E-state index contributed by atoms with van der Waals surface area (Å²) < 4.78 is 5.87. The molecule has 0 saturated carbocycles. The molecule has 0 aliphatic heterocycles.